The topological polar surface area (TPSA) is 97.4 Å². The molecule has 0 fully saturated rings. The van der Waals surface area contributed by atoms with Crippen molar-refractivity contribution in [2.45, 2.75) is 3.79 Å². The quantitative estimate of drug-likeness (QED) is 0.429. The molecule has 126 valence electrons. The fourth-order valence-corrected chi connectivity index (χ4v) is 1.85. The first-order valence-corrected chi connectivity index (χ1v) is 7.20. The van der Waals surface area contributed by atoms with E-state index >= 15 is 0 Å². The number of anilines is 1. The van der Waals surface area contributed by atoms with Crippen molar-refractivity contribution in [3.8, 4) is 0 Å². The van der Waals surface area contributed by atoms with E-state index in [0.29, 0.717) is 0 Å². The van der Waals surface area contributed by atoms with Crippen LogP contribution in [0.1, 0.15) is 10.4 Å². The van der Waals surface area contributed by atoms with Crippen LogP contribution in [0.25, 0.3) is 0 Å². The molecule has 1 heterocycles. The van der Waals surface area contributed by atoms with Crippen LogP contribution in [0, 0.1) is 5.82 Å². The van der Waals surface area contributed by atoms with Crippen LogP contribution in [0.3, 0.4) is 0 Å². The molecule has 0 bridgehead atoms. The standard InChI is InChI=1S/C10H5Cl5FN3O4/c1-23-7(20)2-4(3(16)6(12)18-5(2)11)17-9(22)19-8(21)10(13,14)15/h1H3,(H2,17,18,19,21,22). The molecule has 1 aromatic heterocycles. The number of halogens is 6. The van der Waals surface area contributed by atoms with Crippen molar-refractivity contribution in [1.29, 1.82) is 0 Å². The summed E-state index contributed by atoms with van der Waals surface area (Å²) >= 11 is 26.9. The van der Waals surface area contributed by atoms with Crippen molar-refractivity contribution in [2.75, 3.05) is 12.4 Å². The number of hydrogen-bond donors (Lipinski definition) is 2. The van der Waals surface area contributed by atoms with Gasteiger partial charge in [0.1, 0.15) is 10.7 Å². The van der Waals surface area contributed by atoms with Crippen LogP contribution in [-0.2, 0) is 9.53 Å². The summed E-state index contributed by atoms with van der Waals surface area (Å²) in [6.07, 6.45) is 0. The average Bonchev–Trinajstić information content (AvgIpc) is 2.42. The van der Waals surface area contributed by atoms with Crippen molar-refractivity contribution in [3.63, 3.8) is 0 Å². The average molecular weight is 427 g/mol. The highest BCUT2D eigenvalue weighted by molar-refractivity contribution is 6.76. The van der Waals surface area contributed by atoms with Crippen molar-refractivity contribution in [1.82, 2.24) is 10.3 Å². The second kappa shape index (κ2) is 7.67. The number of esters is 1. The fourth-order valence-electron chi connectivity index (χ4n) is 1.23. The molecule has 0 unspecified atom stereocenters. The first-order chi connectivity index (χ1) is 10.5. The lowest BCUT2D eigenvalue weighted by Gasteiger charge is -2.14. The van der Waals surface area contributed by atoms with Gasteiger partial charge in [0.05, 0.1) is 12.8 Å². The maximum absolute atomic E-state index is 14.0. The van der Waals surface area contributed by atoms with Crippen LogP contribution in [0.4, 0.5) is 14.9 Å². The van der Waals surface area contributed by atoms with E-state index in [-0.39, 0.29) is 0 Å². The van der Waals surface area contributed by atoms with Gasteiger partial charge in [-0.2, -0.15) is 0 Å². The molecular formula is C10H5Cl5FN3O4. The van der Waals surface area contributed by atoms with Crippen LogP contribution in [-0.4, -0.2) is 33.8 Å². The van der Waals surface area contributed by atoms with E-state index in [1.165, 1.54) is 0 Å². The van der Waals surface area contributed by atoms with E-state index in [9.17, 15) is 18.8 Å². The molecule has 0 saturated heterocycles. The van der Waals surface area contributed by atoms with Crippen molar-refractivity contribution >= 4 is 81.6 Å². The van der Waals surface area contributed by atoms with Gasteiger partial charge in [-0.05, 0) is 0 Å². The van der Waals surface area contributed by atoms with Crippen LogP contribution < -0.4 is 10.6 Å². The number of amides is 3. The van der Waals surface area contributed by atoms with Crippen molar-refractivity contribution in [3.05, 3.63) is 21.7 Å². The number of alkyl halides is 3. The van der Waals surface area contributed by atoms with Gasteiger partial charge in [-0.25, -0.2) is 19.0 Å². The predicted octanol–water partition coefficient (Wildman–Crippen LogP) is 3.33. The van der Waals surface area contributed by atoms with Gasteiger partial charge in [-0.15, -0.1) is 0 Å². The number of nitrogens with one attached hydrogen (secondary N) is 2. The third-order valence-corrected chi connectivity index (χ3v) is 3.20. The summed E-state index contributed by atoms with van der Waals surface area (Å²) in [5.41, 5.74) is -1.39. The highest BCUT2D eigenvalue weighted by Gasteiger charge is 2.33. The molecule has 13 heteroatoms. The largest absolute Gasteiger partial charge is 0.465 e. The molecule has 2 N–H and O–H groups in total. The van der Waals surface area contributed by atoms with Crippen LogP contribution in [0.15, 0.2) is 0 Å². The van der Waals surface area contributed by atoms with E-state index in [4.69, 9.17) is 58.0 Å². The van der Waals surface area contributed by atoms with Gasteiger partial charge in [0.2, 0.25) is 0 Å². The molecule has 0 saturated carbocycles. The minimum atomic E-state index is -2.44. The normalized spacial score (nSPS) is 10.9. The molecule has 0 spiro atoms. The Kier molecular flexibility index (Phi) is 6.67. The molecule has 1 aromatic rings. The Morgan fingerprint density at radius 2 is 1.74 bits per heavy atom. The fraction of sp³-hybridized carbons (Fsp3) is 0.200. The Morgan fingerprint density at radius 3 is 2.22 bits per heavy atom. The van der Waals surface area contributed by atoms with Gasteiger partial charge in [-0.1, -0.05) is 58.0 Å². The van der Waals surface area contributed by atoms with E-state index < -0.39 is 49.1 Å². The minimum absolute atomic E-state index is 0.536. The van der Waals surface area contributed by atoms with Crippen LogP contribution in [0.5, 0.6) is 0 Å². The molecule has 1 rings (SSSR count). The van der Waals surface area contributed by atoms with Crippen molar-refractivity contribution in [2.24, 2.45) is 0 Å². The summed E-state index contributed by atoms with van der Waals surface area (Å²) in [5, 5.41) is 2.19. The number of methoxy groups -OCH3 is 1. The number of carbonyl (C=O) groups excluding carboxylic acids is 3. The molecule has 7 nitrogen and oxygen atoms in total. The molecule has 0 aliphatic rings. The molecule has 0 aliphatic carbocycles. The highest BCUT2D eigenvalue weighted by Crippen LogP contribution is 2.31. The maximum atomic E-state index is 14.0. The van der Waals surface area contributed by atoms with E-state index in [1.807, 2.05) is 5.32 Å². The summed E-state index contributed by atoms with van der Waals surface area (Å²) < 4.78 is 16.0. The second-order valence-electron chi connectivity index (χ2n) is 3.65. The van der Waals surface area contributed by atoms with Gasteiger partial charge < -0.3 is 10.1 Å². The molecule has 0 aromatic carbocycles. The Bertz CT molecular complexity index is 679. The number of ether oxygens (including phenoxy) is 1. The lowest BCUT2D eigenvalue weighted by Crippen LogP contribution is -2.41. The predicted molar refractivity (Wildman–Crippen MR) is 83.0 cm³/mol. The Balaban J connectivity index is 3.19. The van der Waals surface area contributed by atoms with Crippen molar-refractivity contribution < 1.29 is 23.5 Å². The smallest absolute Gasteiger partial charge is 0.343 e. The van der Waals surface area contributed by atoms with Crippen LogP contribution in [0.2, 0.25) is 10.3 Å². The minimum Gasteiger partial charge on any atom is -0.465 e. The molecule has 0 radical (unpaired) electrons. The number of hydrogen-bond acceptors (Lipinski definition) is 5. The summed E-state index contributed by atoms with van der Waals surface area (Å²) in [7, 11) is 0.987. The zero-order chi connectivity index (χ0) is 17.9. The van der Waals surface area contributed by atoms with Gasteiger partial charge in [0.15, 0.2) is 11.0 Å². The number of nitrogens with zero attached hydrogens (tertiary/aromatic N) is 1. The number of pyridine rings is 1. The first-order valence-electron chi connectivity index (χ1n) is 5.31. The molecular weight excluding hydrogens is 422 g/mol. The maximum Gasteiger partial charge on any atom is 0.343 e. The molecule has 0 aliphatic heterocycles. The Labute approximate surface area is 153 Å². The van der Waals surface area contributed by atoms with Gasteiger partial charge in [0, 0.05) is 0 Å². The van der Waals surface area contributed by atoms with Gasteiger partial charge in [-0.3, -0.25) is 10.1 Å². The third kappa shape index (κ3) is 4.95. The molecule has 0 atom stereocenters. The summed E-state index contributed by atoms with van der Waals surface area (Å²) in [4.78, 5) is 38.0. The van der Waals surface area contributed by atoms with Gasteiger partial charge >= 0.3 is 12.0 Å². The first kappa shape index (κ1) is 20.0. The van der Waals surface area contributed by atoms with Gasteiger partial charge in [0.25, 0.3) is 9.70 Å². The molecule has 23 heavy (non-hydrogen) atoms. The number of aromatic nitrogens is 1. The number of urea groups is 1. The SMILES string of the molecule is COC(=O)c1c(Cl)nc(Cl)c(F)c1NC(=O)NC(=O)C(Cl)(Cl)Cl. The Hall–Kier alpha value is -1.06. The zero-order valence-electron chi connectivity index (χ0n) is 10.8. The van der Waals surface area contributed by atoms with E-state index in [2.05, 4.69) is 9.72 Å². The lowest BCUT2D eigenvalue weighted by atomic mass is 10.2. The summed E-state index contributed by atoms with van der Waals surface area (Å²) in [6, 6.07) is -1.32. The Morgan fingerprint density at radius 1 is 1.17 bits per heavy atom. The van der Waals surface area contributed by atoms with E-state index in [1.54, 1.807) is 5.32 Å². The number of carbonyl (C=O) groups is 3. The summed E-state index contributed by atoms with van der Waals surface area (Å²) in [5.74, 6) is -3.71. The van der Waals surface area contributed by atoms with E-state index in [0.717, 1.165) is 7.11 Å². The number of imide groups is 1. The lowest BCUT2D eigenvalue weighted by molar-refractivity contribution is -0.119. The highest BCUT2D eigenvalue weighted by atomic mass is 35.6. The second-order valence-corrected chi connectivity index (χ2v) is 6.65. The zero-order valence-corrected chi connectivity index (χ0v) is 14.6. The number of rotatable bonds is 2. The third-order valence-electron chi connectivity index (χ3n) is 2.17. The monoisotopic (exact) mass is 425 g/mol. The summed E-state index contributed by atoms with van der Waals surface area (Å²) in [6.45, 7) is 0. The molecule has 3 amide bonds. The van der Waals surface area contributed by atoms with Crippen LogP contribution >= 0.6 is 58.0 Å².